The van der Waals surface area contributed by atoms with E-state index < -0.39 is 28.6 Å². The first kappa shape index (κ1) is 14.6. The van der Waals surface area contributed by atoms with Gasteiger partial charge in [-0.15, -0.1) is 0 Å². The minimum Gasteiger partial charge on any atom is -0.480 e. The largest absolute Gasteiger partial charge is 0.480 e. The zero-order valence-electron chi connectivity index (χ0n) is 11.1. The first-order chi connectivity index (χ1) is 9.34. The third-order valence-corrected chi connectivity index (χ3v) is 4.86. The molecule has 20 heavy (non-hydrogen) atoms. The number of nitrogens with zero attached hydrogens (tertiary/aromatic N) is 1. The van der Waals surface area contributed by atoms with E-state index in [0.29, 0.717) is 5.75 Å². The summed E-state index contributed by atoms with van der Waals surface area (Å²) in [6.45, 7) is 2.56. The highest BCUT2D eigenvalue weighted by atomic mass is 32.2. The highest BCUT2D eigenvalue weighted by molar-refractivity contribution is 7.89. The summed E-state index contributed by atoms with van der Waals surface area (Å²) < 4.78 is 36.4. The first-order valence-corrected chi connectivity index (χ1v) is 7.40. The average molecular weight is 301 g/mol. The van der Waals surface area contributed by atoms with Gasteiger partial charge in [-0.25, -0.2) is 8.42 Å². The van der Waals surface area contributed by atoms with Crippen LogP contribution in [0.15, 0.2) is 23.1 Å². The predicted octanol–water partition coefficient (Wildman–Crippen LogP) is 0.899. The summed E-state index contributed by atoms with van der Waals surface area (Å²) in [7, 11) is -3.97. The van der Waals surface area contributed by atoms with Crippen LogP contribution in [0.1, 0.15) is 13.8 Å². The Balaban J connectivity index is 2.49. The van der Waals surface area contributed by atoms with Crippen LogP contribution in [0.2, 0.25) is 0 Å². The van der Waals surface area contributed by atoms with Gasteiger partial charge in [-0.2, -0.15) is 4.31 Å². The molecule has 1 aromatic rings. The molecule has 0 saturated heterocycles. The number of carboxylic acids is 1. The number of carbonyl (C=O) groups is 1. The smallest absolute Gasteiger partial charge is 0.318 e. The van der Waals surface area contributed by atoms with E-state index in [9.17, 15) is 13.2 Å². The number of aliphatic carboxylic acids is 1. The van der Waals surface area contributed by atoms with Gasteiger partial charge in [-0.05, 0) is 26.0 Å². The summed E-state index contributed by atoms with van der Waals surface area (Å²) in [5, 5.41) is 8.87. The van der Waals surface area contributed by atoms with Gasteiger partial charge in [0, 0.05) is 6.04 Å². The van der Waals surface area contributed by atoms with Crippen LogP contribution >= 0.6 is 0 Å². The van der Waals surface area contributed by atoms with Gasteiger partial charge in [0.25, 0.3) is 0 Å². The first-order valence-electron chi connectivity index (χ1n) is 5.96. The molecule has 1 N–H and O–H groups in total. The summed E-state index contributed by atoms with van der Waals surface area (Å²) in [5.41, 5.74) is 0. The van der Waals surface area contributed by atoms with Crippen LogP contribution in [-0.4, -0.2) is 43.2 Å². The molecule has 0 unspecified atom stereocenters. The number of fused-ring (bicyclic) bond motifs is 1. The number of hydrogen-bond donors (Lipinski definition) is 1. The number of benzene rings is 1. The molecule has 0 spiro atoms. The highest BCUT2D eigenvalue weighted by Gasteiger charge is 2.34. The van der Waals surface area contributed by atoms with Crippen molar-refractivity contribution in [2.75, 3.05) is 13.3 Å². The van der Waals surface area contributed by atoms with E-state index >= 15 is 0 Å². The highest BCUT2D eigenvalue weighted by Crippen LogP contribution is 2.39. The van der Waals surface area contributed by atoms with Crippen LogP contribution < -0.4 is 9.47 Å². The topological polar surface area (TPSA) is 93.1 Å². The Bertz CT molecular complexity index is 625. The van der Waals surface area contributed by atoms with Crippen LogP contribution in [-0.2, 0) is 14.8 Å². The molecule has 0 saturated carbocycles. The molecular weight excluding hydrogens is 286 g/mol. The standard InChI is InChI=1S/C12H15NO6S/c1-8(2)13(6-11(14)15)20(16,17)10-5-3-4-9-12(10)19-7-18-9/h3-5,8H,6-7H2,1-2H3,(H,14,15). The maximum Gasteiger partial charge on any atom is 0.318 e. The van der Waals surface area contributed by atoms with E-state index in [-0.39, 0.29) is 17.4 Å². The van der Waals surface area contributed by atoms with E-state index in [4.69, 9.17) is 14.6 Å². The van der Waals surface area contributed by atoms with E-state index in [1.165, 1.54) is 12.1 Å². The van der Waals surface area contributed by atoms with Gasteiger partial charge in [0.15, 0.2) is 11.5 Å². The molecule has 2 rings (SSSR count). The Kier molecular flexibility index (Phi) is 3.87. The van der Waals surface area contributed by atoms with Crippen LogP contribution in [0.4, 0.5) is 0 Å². The molecule has 1 aliphatic heterocycles. The fourth-order valence-electron chi connectivity index (χ4n) is 1.91. The van der Waals surface area contributed by atoms with Crippen molar-refractivity contribution in [2.24, 2.45) is 0 Å². The van der Waals surface area contributed by atoms with Gasteiger partial charge in [-0.3, -0.25) is 4.79 Å². The van der Waals surface area contributed by atoms with Crippen LogP contribution in [0.3, 0.4) is 0 Å². The van der Waals surface area contributed by atoms with Gasteiger partial charge >= 0.3 is 5.97 Å². The zero-order valence-corrected chi connectivity index (χ0v) is 11.9. The summed E-state index contributed by atoms with van der Waals surface area (Å²) in [6, 6.07) is 4.01. The summed E-state index contributed by atoms with van der Waals surface area (Å²) in [5.74, 6) is -0.749. The number of ether oxygens (including phenoxy) is 2. The lowest BCUT2D eigenvalue weighted by Crippen LogP contribution is -2.40. The SMILES string of the molecule is CC(C)N(CC(=O)O)S(=O)(=O)c1cccc2c1OCO2. The van der Waals surface area contributed by atoms with Crippen LogP contribution in [0, 0.1) is 0 Å². The van der Waals surface area contributed by atoms with Crippen molar-refractivity contribution in [1.29, 1.82) is 0 Å². The second-order valence-corrected chi connectivity index (χ2v) is 6.39. The van der Waals surface area contributed by atoms with Gasteiger partial charge < -0.3 is 14.6 Å². The number of carboxylic acid groups (broad SMARTS) is 1. The molecule has 0 amide bonds. The van der Waals surface area contributed by atoms with E-state index in [1.807, 2.05) is 0 Å². The minimum absolute atomic E-state index is 0.0531. The van der Waals surface area contributed by atoms with Crippen molar-refractivity contribution in [2.45, 2.75) is 24.8 Å². The molecule has 0 atom stereocenters. The maximum absolute atomic E-state index is 12.6. The van der Waals surface area contributed by atoms with Crippen LogP contribution in [0.25, 0.3) is 0 Å². The monoisotopic (exact) mass is 301 g/mol. The fourth-order valence-corrected chi connectivity index (χ4v) is 3.64. The Labute approximate surface area is 116 Å². The van der Waals surface area contributed by atoms with Crippen molar-refractivity contribution in [3.63, 3.8) is 0 Å². The average Bonchev–Trinajstić information content (AvgIpc) is 2.82. The summed E-state index contributed by atoms with van der Waals surface area (Å²) >= 11 is 0. The van der Waals surface area contributed by atoms with Crippen molar-refractivity contribution < 1.29 is 27.8 Å². The third-order valence-electron chi connectivity index (χ3n) is 2.81. The molecule has 0 radical (unpaired) electrons. The molecular formula is C12H15NO6S. The second kappa shape index (κ2) is 5.29. The van der Waals surface area contributed by atoms with Crippen molar-refractivity contribution in [1.82, 2.24) is 4.31 Å². The Morgan fingerprint density at radius 1 is 1.40 bits per heavy atom. The van der Waals surface area contributed by atoms with Gasteiger partial charge in [0.1, 0.15) is 11.4 Å². The van der Waals surface area contributed by atoms with Crippen molar-refractivity contribution in [3.05, 3.63) is 18.2 Å². The number of sulfonamides is 1. The number of para-hydroxylation sites is 1. The second-order valence-electron chi connectivity index (χ2n) is 4.53. The molecule has 8 heteroatoms. The molecule has 1 aromatic carbocycles. The Morgan fingerprint density at radius 2 is 2.10 bits per heavy atom. The zero-order chi connectivity index (χ0) is 14.9. The van der Waals surface area contributed by atoms with E-state index in [0.717, 1.165) is 4.31 Å². The molecule has 0 aromatic heterocycles. The lowest BCUT2D eigenvalue weighted by molar-refractivity contribution is -0.137. The van der Waals surface area contributed by atoms with Gasteiger partial charge in [-0.1, -0.05) is 6.07 Å². The fraction of sp³-hybridized carbons (Fsp3) is 0.417. The van der Waals surface area contributed by atoms with Crippen LogP contribution in [0.5, 0.6) is 11.5 Å². The summed E-state index contributed by atoms with van der Waals surface area (Å²) in [4.78, 5) is 10.8. The van der Waals surface area contributed by atoms with Gasteiger partial charge in [0.05, 0.1) is 0 Å². The Hall–Kier alpha value is -1.80. The minimum atomic E-state index is -3.97. The summed E-state index contributed by atoms with van der Waals surface area (Å²) in [6.07, 6.45) is 0. The number of rotatable bonds is 5. The quantitative estimate of drug-likeness (QED) is 0.868. The molecule has 110 valence electrons. The molecule has 0 bridgehead atoms. The maximum atomic E-state index is 12.6. The Morgan fingerprint density at radius 3 is 2.70 bits per heavy atom. The van der Waals surface area contributed by atoms with Crippen molar-refractivity contribution >= 4 is 16.0 Å². The normalized spacial score (nSPS) is 14.0. The molecule has 1 aliphatic rings. The molecule has 7 nitrogen and oxygen atoms in total. The molecule has 0 aliphatic carbocycles. The van der Waals surface area contributed by atoms with Gasteiger partial charge in [0.2, 0.25) is 16.8 Å². The lowest BCUT2D eigenvalue weighted by Gasteiger charge is -2.24. The lowest BCUT2D eigenvalue weighted by atomic mass is 10.3. The number of hydrogen-bond acceptors (Lipinski definition) is 5. The molecule has 1 heterocycles. The molecule has 0 fully saturated rings. The van der Waals surface area contributed by atoms with E-state index in [2.05, 4.69) is 0 Å². The van der Waals surface area contributed by atoms with E-state index in [1.54, 1.807) is 19.9 Å². The van der Waals surface area contributed by atoms with Crippen molar-refractivity contribution in [3.8, 4) is 11.5 Å². The predicted molar refractivity (Wildman–Crippen MR) is 69.2 cm³/mol. The third kappa shape index (κ3) is 2.56.